The van der Waals surface area contributed by atoms with Gasteiger partial charge in [0.25, 0.3) is 0 Å². The van der Waals surface area contributed by atoms with Crippen molar-refractivity contribution in [3.05, 3.63) is 0 Å². The Morgan fingerprint density at radius 3 is 3.08 bits per heavy atom. The molecule has 2 heteroatoms. The molecule has 2 atom stereocenters. The maximum atomic E-state index is 5.34. The molecule has 1 rings (SSSR count). The van der Waals surface area contributed by atoms with Crippen molar-refractivity contribution in [2.45, 2.75) is 32.2 Å². The number of ether oxygens (including phenoxy) is 1. The van der Waals surface area contributed by atoms with E-state index in [0.29, 0.717) is 0 Å². The van der Waals surface area contributed by atoms with Crippen LogP contribution in [-0.2, 0) is 4.74 Å². The van der Waals surface area contributed by atoms with Crippen LogP contribution in [0.1, 0.15) is 26.2 Å². The molecule has 1 fully saturated rings. The highest BCUT2D eigenvalue weighted by molar-refractivity contribution is 4.97. The highest BCUT2D eigenvalue weighted by Crippen LogP contribution is 2.15. The van der Waals surface area contributed by atoms with Crippen molar-refractivity contribution in [1.82, 2.24) is 5.32 Å². The van der Waals surface area contributed by atoms with Gasteiger partial charge in [-0.1, -0.05) is 12.8 Å². The van der Waals surface area contributed by atoms with Crippen LogP contribution in [0.5, 0.6) is 0 Å². The number of nitrogens with one attached hydrogen (secondary N) is 1. The van der Waals surface area contributed by atoms with E-state index in [1.807, 2.05) is 0 Å². The van der Waals surface area contributed by atoms with Gasteiger partial charge in [-0.2, -0.15) is 0 Å². The zero-order valence-corrected chi connectivity index (χ0v) is 8.38. The SMILES string of the molecule is C#CC(CC)NCCC1CCOC1. The first-order valence-corrected chi connectivity index (χ1v) is 5.14. The Labute approximate surface area is 81.0 Å². The van der Waals surface area contributed by atoms with Gasteiger partial charge in [0.15, 0.2) is 0 Å². The molecule has 0 aromatic rings. The van der Waals surface area contributed by atoms with E-state index < -0.39 is 0 Å². The average molecular weight is 181 g/mol. The minimum Gasteiger partial charge on any atom is -0.381 e. The summed E-state index contributed by atoms with van der Waals surface area (Å²) in [7, 11) is 0. The summed E-state index contributed by atoms with van der Waals surface area (Å²) in [5.74, 6) is 3.49. The first-order valence-electron chi connectivity index (χ1n) is 5.14. The second kappa shape index (κ2) is 6.01. The van der Waals surface area contributed by atoms with E-state index in [1.165, 1.54) is 12.8 Å². The molecule has 2 nitrogen and oxygen atoms in total. The topological polar surface area (TPSA) is 21.3 Å². The molecule has 0 bridgehead atoms. The van der Waals surface area contributed by atoms with Crippen molar-refractivity contribution < 1.29 is 4.74 Å². The lowest BCUT2D eigenvalue weighted by atomic mass is 10.1. The molecular formula is C11H19NO. The third-order valence-electron chi connectivity index (χ3n) is 2.58. The van der Waals surface area contributed by atoms with Crippen LogP contribution in [0.4, 0.5) is 0 Å². The fourth-order valence-corrected chi connectivity index (χ4v) is 1.59. The van der Waals surface area contributed by atoms with Crippen LogP contribution < -0.4 is 5.32 Å². The van der Waals surface area contributed by atoms with Crippen LogP contribution in [0.25, 0.3) is 0 Å². The molecule has 0 radical (unpaired) electrons. The molecule has 0 spiro atoms. The van der Waals surface area contributed by atoms with Gasteiger partial charge >= 0.3 is 0 Å². The first-order chi connectivity index (χ1) is 6.36. The molecule has 0 aromatic carbocycles. The third kappa shape index (κ3) is 3.80. The molecule has 74 valence electrons. The Morgan fingerprint density at radius 2 is 2.54 bits per heavy atom. The molecule has 0 aromatic heterocycles. The van der Waals surface area contributed by atoms with Gasteiger partial charge < -0.3 is 10.1 Å². The van der Waals surface area contributed by atoms with Gasteiger partial charge in [0.1, 0.15) is 0 Å². The Morgan fingerprint density at radius 1 is 1.69 bits per heavy atom. The lowest BCUT2D eigenvalue weighted by Crippen LogP contribution is -2.28. The molecule has 0 aliphatic carbocycles. The summed E-state index contributed by atoms with van der Waals surface area (Å²) in [5, 5.41) is 3.35. The van der Waals surface area contributed by atoms with Gasteiger partial charge in [-0.15, -0.1) is 6.42 Å². The van der Waals surface area contributed by atoms with Gasteiger partial charge in [0.05, 0.1) is 6.04 Å². The number of rotatable bonds is 5. The highest BCUT2D eigenvalue weighted by atomic mass is 16.5. The van der Waals surface area contributed by atoms with E-state index in [0.717, 1.165) is 32.1 Å². The van der Waals surface area contributed by atoms with Crippen LogP contribution in [0.3, 0.4) is 0 Å². The third-order valence-corrected chi connectivity index (χ3v) is 2.58. The van der Waals surface area contributed by atoms with Gasteiger partial charge in [-0.05, 0) is 31.7 Å². The fraction of sp³-hybridized carbons (Fsp3) is 0.818. The molecular weight excluding hydrogens is 162 g/mol. The smallest absolute Gasteiger partial charge is 0.0684 e. The van der Waals surface area contributed by atoms with Gasteiger partial charge in [0.2, 0.25) is 0 Å². The standard InChI is InChI=1S/C11H19NO/c1-3-11(4-2)12-7-5-10-6-8-13-9-10/h1,10-12H,4-9H2,2H3. The van der Waals surface area contributed by atoms with Crippen molar-refractivity contribution in [2.24, 2.45) is 5.92 Å². The van der Waals surface area contributed by atoms with Crippen molar-refractivity contribution in [2.75, 3.05) is 19.8 Å². The van der Waals surface area contributed by atoms with E-state index in [-0.39, 0.29) is 6.04 Å². The highest BCUT2D eigenvalue weighted by Gasteiger charge is 2.14. The molecule has 1 heterocycles. The average Bonchev–Trinajstić information content (AvgIpc) is 2.65. The summed E-state index contributed by atoms with van der Waals surface area (Å²) < 4.78 is 5.30. The molecule has 1 N–H and O–H groups in total. The number of hydrogen-bond acceptors (Lipinski definition) is 2. The van der Waals surface area contributed by atoms with Crippen LogP contribution in [0.15, 0.2) is 0 Å². The van der Waals surface area contributed by atoms with Crippen LogP contribution in [-0.4, -0.2) is 25.8 Å². The Balaban J connectivity index is 2.02. The van der Waals surface area contributed by atoms with E-state index in [9.17, 15) is 0 Å². The summed E-state index contributed by atoms with van der Waals surface area (Å²) >= 11 is 0. The number of hydrogen-bond donors (Lipinski definition) is 1. The summed E-state index contributed by atoms with van der Waals surface area (Å²) in [6.07, 6.45) is 8.76. The monoisotopic (exact) mass is 181 g/mol. The number of terminal acetylenes is 1. The summed E-state index contributed by atoms with van der Waals surface area (Å²) in [6, 6.07) is 0.252. The normalized spacial score (nSPS) is 24.2. The van der Waals surface area contributed by atoms with Crippen molar-refractivity contribution >= 4 is 0 Å². The van der Waals surface area contributed by atoms with E-state index in [4.69, 9.17) is 11.2 Å². The van der Waals surface area contributed by atoms with Crippen molar-refractivity contribution in [3.63, 3.8) is 0 Å². The van der Waals surface area contributed by atoms with Gasteiger partial charge in [-0.3, -0.25) is 0 Å². The molecule has 1 saturated heterocycles. The molecule has 13 heavy (non-hydrogen) atoms. The predicted octanol–water partition coefficient (Wildman–Crippen LogP) is 1.41. The molecule has 2 unspecified atom stereocenters. The minimum absolute atomic E-state index is 0.252. The lowest BCUT2D eigenvalue weighted by molar-refractivity contribution is 0.184. The molecule has 0 saturated carbocycles. The minimum atomic E-state index is 0.252. The van der Waals surface area contributed by atoms with E-state index >= 15 is 0 Å². The van der Waals surface area contributed by atoms with Crippen LogP contribution in [0, 0.1) is 18.3 Å². The second-order valence-electron chi connectivity index (χ2n) is 3.60. The zero-order valence-electron chi connectivity index (χ0n) is 8.38. The summed E-state index contributed by atoms with van der Waals surface area (Å²) in [4.78, 5) is 0. The van der Waals surface area contributed by atoms with Crippen molar-refractivity contribution in [3.8, 4) is 12.3 Å². The Hall–Kier alpha value is -0.520. The summed E-state index contributed by atoms with van der Waals surface area (Å²) in [5.41, 5.74) is 0. The quantitative estimate of drug-likeness (QED) is 0.648. The van der Waals surface area contributed by atoms with Crippen LogP contribution in [0.2, 0.25) is 0 Å². The molecule has 0 amide bonds. The Kier molecular flexibility index (Phi) is 4.88. The summed E-state index contributed by atoms with van der Waals surface area (Å²) in [6.45, 7) is 5.01. The second-order valence-corrected chi connectivity index (χ2v) is 3.60. The van der Waals surface area contributed by atoms with E-state index in [2.05, 4.69) is 18.2 Å². The maximum Gasteiger partial charge on any atom is 0.0684 e. The molecule has 1 aliphatic rings. The fourth-order valence-electron chi connectivity index (χ4n) is 1.59. The maximum absolute atomic E-state index is 5.34. The van der Waals surface area contributed by atoms with Gasteiger partial charge in [0, 0.05) is 13.2 Å². The lowest BCUT2D eigenvalue weighted by Gasteiger charge is -2.12. The predicted molar refractivity (Wildman–Crippen MR) is 54.5 cm³/mol. The van der Waals surface area contributed by atoms with Crippen molar-refractivity contribution in [1.29, 1.82) is 0 Å². The Bertz CT molecular complexity index is 167. The largest absolute Gasteiger partial charge is 0.381 e. The first kappa shape index (κ1) is 10.6. The van der Waals surface area contributed by atoms with Gasteiger partial charge in [-0.25, -0.2) is 0 Å². The van der Waals surface area contributed by atoms with Crippen LogP contribution >= 0.6 is 0 Å². The zero-order chi connectivity index (χ0) is 9.52. The molecule has 1 aliphatic heterocycles. The van der Waals surface area contributed by atoms with E-state index in [1.54, 1.807) is 0 Å².